The number of hydrogen-bond donors (Lipinski definition) is 1. The number of primary amides is 1. The van der Waals surface area contributed by atoms with Crippen LogP contribution >= 0.6 is 0 Å². The van der Waals surface area contributed by atoms with Crippen LogP contribution < -0.4 is 5.73 Å². The maximum Gasteiger partial charge on any atom is 0.433 e. The van der Waals surface area contributed by atoms with Crippen LogP contribution in [0.5, 0.6) is 0 Å². The molecule has 2 aromatic heterocycles. The Morgan fingerprint density at radius 1 is 1.15 bits per heavy atom. The van der Waals surface area contributed by atoms with Crippen LogP contribution in [0.25, 0.3) is 10.9 Å². The van der Waals surface area contributed by atoms with Crippen molar-refractivity contribution in [2.75, 3.05) is 0 Å². The van der Waals surface area contributed by atoms with E-state index >= 15 is 0 Å². The third-order valence-electron chi connectivity index (χ3n) is 5.00. The SMILES string of the molecule is CCCCCCCCC(CC)n1c(C(N)=O)cc2cc(C(F)(F)F)ncc21. The normalized spacial score (nSPS) is 13.2. The molecule has 2 heterocycles. The number of amides is 1. The molecule has 0 aliphatic heterocycles. The third-order valence-corrected chi connectivity index (χ3v) is 5.00. The van der Waals surface area contributed by atoms with Gasteiger partial charge in [0.15, 0.2) is 0 Å². The maximum absolute atomic E-state index is 12.9. The van der Waals surface area contributed by atoms with Gasteiger partial charge in [0, 0.05) is 11.4 Å². The Bertz CT molecular complexity index is 768. The number of pyridine rings is 1. The molecule has 7 heteroatoms. The molecule has 150 valence electrons. The maximum atomic E-state index is 12.9. The average Bonchev–Trinajstić information content (AvgIpc) is 2.99. The van der Waals surface area contributed by atoms with Crippen molar-refractivity contribution in [3.63, 3.8) is 0 Å². The molecule has 0 radical (unpaired) electrons. The third kappa shape index (κ3) is 5.23. The van der Waals surface area contributed by atoms with Gasteiger partial charge in [0.1, 0.15) is 11.4 Å². The molecule has 0 saturated heterocycles. The Morgan fingerprint density at radius 3 is 2.41 bits per heavy atom. The fourth-order valence-electron chi connectivity index (χ4n) is 3.54. The van der Waals surface area contributed by atoms with Gasteiger partial charge in [-0.1, -0.05) is 52.4 Å². The zero-order chi connectivity index (χ0) is 20.0. The minimum absolute atomic E-state index is 0.00899. The summed E-state index contributed by atoms with van der Waals surface area (Å²) in [5.74, 6) is -0.638. The van der Waals surface area contributed by atoms with Crippen LogP contribution in [-0.4, -0.2) is 15.5 Å². The van der Waals surface area contributed by atoms with E-state index < -0.39 is 17.8 Å². The van der Waals surface area contributed by atoms with Gasteiger partial charge in [0.2, 0.25) is 0 Å². The molecule has 4 nitrogen and oxygen atoms in total. The van der Waals surface area contributed by atoms with E-state index in [1.54, 1.807) is 4.57 Å². The number of carbonyl (C=O) groups is 1. The van der Waals surface area contributed by atoms with E-state index in [1.807, 2.05) is 6.92 Å². The lowest BCUT2D eigenvalue weighted by Gasteiger charge is -2.21. The Hall–Kier alpha value is -2.05. The topological polar surface area (TPSA) is 60.9 Å². The second-order valence-corrected chi connectivity index (χ2v) is 7.01. The number of alkyl halides is 3. The van der Waals surface area contributed by atoms with Crippen molar-refractivity contribution in [2.45, 2.75) is 77.4 Å². The van der Waals surface area contributed by atoms with Crippen LogP contribution in [0.4, 0.5) is 13.2 Å². The van der Waals surface area contributed by atoms with Crippen molar-refractivity contribution in [3.8, 4) is 0 Å². The summed E-state index contributed by atoms with van der Waals surface area (Å²) in [6.07, 6.45) is 5.24. The predicted octanol–water partition coefficient (Wildman–Crippen LogP) is 5.86. The van der Waals surface area contributed by atoms with Crippen molar-refractivity contribution in [1.82, 2.24) is 9.55 Å². The molecular weight excluding hydrogens is 355 g/mol. The molecule has 0 saturated carbocycles. The van der Waals surface area contributed by atoms with Gasteiger partial charge in [-0.15, -0.1) is 0 Å². The highest BCUT2D eigenvalue weighted by Gasteiger charge is 2.33. The summed E-state index contributed by atoms with van der Waals surface area (Å²) in [4.78, 5) is 15.5. The molecule has 0 aromatic carbocycles. The van der Waals surface area contributed by atoms with Gasteiger partial charge in [0.25, 0.3) is 5.91 Å². The highest BCUT2D eigenvalue weighted by atomic mass is 19.4. The summed E-state index contributed by atoms with van der Waals surface area (Å²) < 4.78 is 40.6. The Kier molecular flexibility index (Phi) is 7.27. The number of unbranched alkanes of at least 4 members (excludes halogenated alkanes) is 5. The predicted molar refractivity (Wildman–Crippen MR) is 101 cm³/mol. The second-order valence-electron chi connectivity index (χ2n) is 7.01. The summed E-state index contributed by atoms with van der Waals surface area (Å²) in [5.41, 5.74) is 5.30. The molecule has 0 spiro atoms. The van der Waals surface area contributed by atoms with Crippen molar-refractivity contribution in [3.05, 3.63) is 29.7 Å². The first-order chi connectivity index (χ1) is 12.8. The Morgan fingerprint density at radius 2 is 1.81 bits per heavy atom. The number of rotatable bonds is 10. The lowest BCUT2D eigenvalue weighted by atomic mass is 10.0. The molecule has 0 fully saturated rings. The lowest BCUT2D eigenvalue weighted by molar-refractivity contribution is -0.141. The largest absolute Gasteiger partial charge is 0.433 e. The van der Waals surface area contributed by atoms with Crippen LogP contribution in [0.1, 0.15) is 87.4 Å². The second kappa shape index (κ2) is 9.24. The molecule has 2 aromatic rings. The van der Waals surface area contributed by atoms with E-state index in [4.69, 9.17) is 5.73 Å². The van der Waals surface area contributed by atoms with Gasteiger partial charge in [-0.05, 0) is 25.0 Å². The van der Waals surface area contributed by atoms with Gasteiger partial charge in [0.05, 0.1) is 11.7 Å². The van der Waals surface area contributed by atoms with Gasteiger partial charge < -0.3 is 10.3 Å². The number of carbonyl (C=O) groups excluding carboxylic acids is 1. The Balaban J connectivity index is 2.28. The van der Waals surface area contributed by atoms with E-state index in [2.05, 4.69) is 11.9 Å². The number of aromatic nitrogens is 2. The fourth-order valence-corrected chi connectivity index (χ4v) is 3.54. The zero-order valence-corrected chi connectivity index (χ0v) is 16.0. The number of halogens is 3. The highest BCUT2D eigenvalue weighted by Crippen LogP contribution is 2.33. The van der Waals surface area contributed by atoms with E-state index in [0.717, 1.165) is 31.7 Å². The first kappa shape index (κ1) is 21.3. The molecule has 2 N–H and O–H groups in total. The van der Waals surface area contributed by atoms with E-state index in [0.29, 0.717) is 10.9 Å². The first-order valence-corrected chi connectivity index (χ1v) is 9.67. The highest BCUT2D eigenvalue weighted by molar-refractivity contribution is 5.97. The molecule has 0 bridgehead atoms. The smallest absolute Gasteiger partial charge is 0.364 e. The van der Waals surface area contributed by atoms with E-state index in [-0.39, 0.29) is 11.7 Å². The van der Waals surface area contributed by atoms with Crippen LogP contribution in [0, 0.1) is 0 Å². The lowest BCUT2D eigenvalue weighted by Crippen LogP contribution is -2.20. The average molecular weight is 383 g/mol. The minimum atomic E-state index is -4.52. The molecule has 1 atom stereocenters. The Labute approximate surface area is 157 Å². The minimum Gasteiger partial charge on any atom is -0.364 e. The van der Waals surface area contributed by atoms with E-state index in [9.17, 15) is 18.0 Å². The fraction of sp³-hybridized carbons (Fsp3) is 0.600. The van der Waals surface area contributed by atoms with Crippen molar-refractivity contribution >= 4 is 16.8 Å². The summed E-state index contributed by atoms with van der Waals surface area (Å²) in [5, 5.41) is 0.340. The zero-order valence-electron chi connectivity index (χ0n) is 16.0. The van der Waals surface area contributed by atoms with Crippen molar-refractivity contribution in [1.29, 1.82) is 0 Å². The molecule has 1 unspecified atom stereocenters. The van der Waals surface area contributed by atoms with Crippen LogP contribution in [0.2, 0.25) is 0 Å². The summed E-state index contributed by atoms with van der Waals surface area (Å²) in [7, 11) is 0. The summed E-state index contributed by atoms with van der Waals surface area (Å²) >= 11 is 0. The van der Waals surface area contributed by atoms with Gasteiger partial charge in [-0.25, -0.2) is 4.98 Å². The monoisotopic (exact) mass is 383 g/mol. The van der Waals surface area contributed by atoms with Gasteiger partial charge in [-0.3, -0.25) is 4.79 Å². The number of hydrogen-bond acceptors (Lipinski definition) is 2. The number of fused-ring (bicyclic) bond motifs is 1. The van der Waals surface area contributed by atoms with Crippen LogP contribution in [0.15, 0.2) is 18.3 Å². The van der Waals surface area contributed by atoms with Crippen LogP contribution in [-0.2, 0) is 6.18 Å². The summed E-state index contributed by atoms with van der Waals surface area (Å²) in [6, 6.07) is 2.43. The standard InChI is InChI=1S/C20H28F3N3O/c1-3-5-6-7-8-9-10-15(4-2)26-16(19(24)27)11-14-12-18(20(21,22)23)25-13-17(14)26/h11-13,15H,3-10H2,1-2H3,(H2,24,27). The van der Waals surface area contributed by atoms with Crippen molar-refractivity contribution in [2.24, 2.45) is 5.73 Å². The first-order valence-electron chi connectivity index (χ1n) is 9.67. The quantitative estimate of drug-likeness (QED) is 0.523. The van der Waals surface area contributed by atoms with E-state index in [1.165, 1.54) is 37.9 Å². The molecule has 27 heavy (non-hydrogen) atoms. The summed E-state index contributed by atoms with van der Waals surface area (Å²) in [6.45, 7) is 4.18. The molecule has 0 aliphatic rings. The van der Waals surface area contributed by atoms with Crippen LogP contribution in [0.3, 0.4) is 0 Å². The number of nitrogens with two attached hydrogens (primary N) is 1. The number of nitrogens with zero attached hydrogens (tertiary/aromatic N) is 2. The molecule has 2 rings (SSSR count). The van der Waals surface area contributed by atoms with Gasteiger partial charge >= 0.3 is 6.18 Å². The molecule has 0 aliphatic carbocycles. The van der Waals surface area contributed by atoms with Gasteiger partial charge in [-0.2, -0.15) is 13.2 Å². The molecular formula is C20H28F3N3O. The molecule has 1 amide bonds. The van der Waals surface area contributed by atoms with Crippen molar-refractivity contribution < 1.29 is 18.0 Å².